The third-order valence-corrected chi connectivity index (χ3v) is 5.91. The Morgan fingerprint density at radius 3 is 2.54 bits per heavy atom. The highest BCUT2D eigenvalue weighted by molar-refractivity contribution is 7.13. The average molecular weight is 370 g/mol. The number of hydrogen-bond acceptors (Lipinski definition) is 4. The highest BCUT2D eigenvalue weighted by atomic mass is 32.1. The fourth-order valence-corrected chi connectivity index (χ4v) is 4.39. The molecule has 3 heterocycles. The summed E-state index contributed by atoms with van der Waals surface area (Å²) in [7, 11) is 2.01. The lowest BCUT2D eigenvalue weighted by Gasteiger charge is -2.36. The summed E-state index contributed by atoms with van der Waals surface area (Å²) < 4.78 is 15.1. The summed E-state index contributed by atoms with van der Waals surface area (Å²) in [6.45, 7) is 5.08. The molecule has 1 aliphatic rings. The quantitative estimate of drug-likeness (QED) is 0.685. The molecule has 0 saturated carbocycles. The van der Waals surface area contributed by atoms with Crippen molar-refractivity contribution in [2.24, 2.45) is 7.05 Å². The van der Waals surface area contributed by atoms with Crippen LogP contribution in [-0.4, -0.2) is 47.4 Å². The second-order valence-electron chi connectivity index (χ2n) is 6.67. The molecule has 2 aromatic heterocycles. The Hall–Kier alpha value is -2.18. The zero-order chi connectivity index (χ0) is 17.9. The van der Waals surface area contributed by atoms with Gasteiger partial charge in [0.2, 0.25) is 0 Å². The van der Waals surface area contributed by atoms with Crippen LogP contribution >= 0.6 is 11.3 Å². The van der Waals surface area contributed by atoms with Gasteiger partial charge >= 0.3 is 0 Å². The highest BCUT2D eigenvalue weighted by Crippen LogP contribution is 2.28. The van der Waals surface area contributed by atoms with Gasteiger partial charge in [-0.25, -0.2) is 4.39 Å². The zero-order valence-electron chi connectivity index (χ0n) is 14.9. The van der Waals surface area contributed by atoms with Crippen LogP contribution in [0, 0.1) is 5.82 Å². The van der Waals surface area contributed by atoms with Gasteiger partial charge in [-0.2, -0.15) is 5.10 Å². The van der Waals surface area contributed by atoms with Gasteiger partial charge in [-0.05, 0) is 42.1 Å². The van der Waals surface area contributed by atoms with Gasteiger partial charge in [0.1, 0.15) is 5.82 Å². The van der Waals surface area contributed by atoms with Crippen LogP contribution in [0.15, 0.2) is 48.0 Å². The number of anilines is 1. The van der Waals surface area contributed by atoms with Crippen LogP contribution in [0.4, 0.5) is 10.1 Å². The molecule has 0 amide bonds. The van der Waals surface area contributed by atoms with Gasteiger partial charge in [-0.1, -0.05) is 6.07 Å². The molecule has 26 heavy (non-hydrogen) atoms. The lowest BCUT2D eigenvalue weighted by atomic mass is 10.1. The van der Waals surface area contributed by atoms with Crippen molar-refractivity contribution in [1.29, 1.82) is 0 Å². The summed E-state index contributed by atoms with van der Waals surface area (Å²) in [6.07, 6.45) is 3.02. The standard InChI is InChI=1S/C20H23FN4S/c1-23-20(19-3-2-14-26-19)16(15-22-23)8-9-24-10-12-25(13-11-24)18-6-4-17(21)5-7-18/h2-7,14-15H,8-13H2,1H3. The molecule has 0 spiro atoms. The summed E-state index contributed by atoms with van der Waals surface area (Å²) in [5.74, 6) is -0.176. The molecule has 1 saturated heterocycles. The molecule has 0 bridgehead atoms. The number of aryl methyl sites for hydroxylation is 1. The molecular weight excluding hydrogens is 347 g/mol. The van der Waals surface area contributed by atoms with Gasteiger partial charge in [0.05, 0.1) is 16.8 Å². The second-order valence-corrected chi connectivity index (χ2v) is 7.62. The van der Waals surface area contributed by atoms with Crippen molar-refractivity contribution >= 4 is 17.0 Å². The van der Waals surface area contributed by atoms with Crippen LogP contribution in [0.5, 0.6) is 0 Å². The van der Waals surface area contributed by atoms with Crippen LogP contribution in [0.3, 0.4) is 0 Å². The molecule has 1 aliphatic heterocycles. The normalized spacial score (nSPS) is 15.5. The molecule has 4 nitrogen and oxygen atoms in total. The number of benzene rings is 1. The molecular formula is C20H23FN4S. The van der Waals surface area contributed by atoms with E-state index in [2.05, 4.69) is 32.4 Å². The first-order valence-electron chi connectivity index (χ1n) is 8.98. The number of hydrogen-bond donors (Lipinski definition) is 0. The molecule has 4 rings (SSSR count). The average Bonchev–Trinajstić information content (AvgIpc) is 3.30. The van der Waals surface area contributed by atoms with E-state index in [0.29, 0.717) is 0 Å². The van der Waals surface area contributed by atoms with Gasteiger partial charge in [0.25, 0.3) is 0 Å². The Bertz CT molecular complexity index is 833. The first-order valence-corrected chi connectivity index (χ1v) is 9.86. The largest absolute Gasteiger partial charge is 0.369 e. The molecule has 0 radical (unpaired) electrons. The third-order valence-electron chi connectivity index (χ3n) is 5.03. The molecule has 136 valence electrons. The molecule has 1 fully saturated rings. The fourth-order valence-electron chi connectivity index (χ4n) is 3.56. The zero-order valence-corrected chi connectivity index (χ0v) is 15.8. The van der Waals surface area contributed by atoms with Crippen LogP contribution in [0.1, 0.15) is 5.56 Å². The predicted molar refractivity (Wildman–Crippen MR) is 105 cm³/mol. The van der Waals surface area contributed by atoms with Gasteiger partial charge < -0.3 is 4.90 Å². The number of thiophene rings is 1. The van der Waals surface area contributed by atoms with Crippen molar-refractivity contribution in [1.82, 2.24) is 14.7 Å². The maximum atomic E-state index is 13.1. The highest BCUT2D eigenvalue weighted by Gasteiger charge is 2.18. The first kappa shape index (κ1) is 17.2. The van der Waals surface area contributed by atoms with Crippen LogP contribution < -0.4 is 4.90 Å². The number of rotatable bonds is 5. The van der Waals surface area contributed by atoms with Crippen molar-refractivity contribution in [2.75, 3.05) is 37.6 Å². The minimum Gasteiger partial charge on any atom is -0.369 e. The number of piperazine rings is 1. The number of aromatic nitrogens is 2. The van der Waals surface area contributed by atoms with E-state index in [9.17, 15) is 4.39 Å². The lowest BCUT2D eigenvalue weighted by Crippen LogP contribution is -2.47. The molecule has 3 aromatic rings. The minimum atomic E-state index is -0.176. The van der Waals surface area contributed by atoms with Crippen molar-refractivity contribution < 1.29 is 4.39 Å². The van der Waals surface area contributed by atoms with E-state index in [-0.39, 0.29) is 5.82 Å². The summed E-state index contributed by atoms with van der Waals surface area (Å²) >= 11 is 1.76. The minimum absolute atomic E-state index is 0.176. The fraction of sp³-hybridized carbons (Fsp3) is 0.350. The number of nitrogens with zero attached hydrogens (tertiary/aromatic N) is 4. The van der Waals surface area contributed by atoms with Crippen molar-refractivity contribution in [3.8, 4) is 10.6 Å². The van der Waals surface area contributed by atoms with E-state index < -0.39 is 0 Å². The Morgan fingerprint density at radius 2 is 1.85 bits per heavy atom. The Kier molecular flexibility index (Phi) is 5.04. The van der Waals surface area contributed by atoms with E-state index >= 15 is 0 Å². The maximum Gasteiger partial charge on any atom is 0.123 e. The first-order chi connectivity index (χ1) is 12.7. The monoisotopic (exact) mass is 370 g/mol. The van der Waals surface area contributed by atoms with Crippen molar-refractivity contribution in [2.45, 2.75) is 6.42 Å². The molecule has 0 atom stereocenters. The second kappa shape index (κ2) is 7.60. The van der Waals surface area contributed by atoms with E-state index in [1.807, 2.05) is 30.1 Å². The molecule has 0 aliphatic carbocycles. The molecule has 0 N–H and O–H groups in total. The van der Waals surface area contributed by atoms with Gasteiger partial charge in [-0.15, -0.1) is 11.3 Å². The number of halogens is 1. The van der Waals surface area contributed by atoms with Crippen LogP contribution in [0.2, 0.25) is 0 Å². The van der Waals surface area contributed by atoms with Crippen molar-refractivity contribution in [3.05, 3.63) is 59.4 Å². The predicted octanol–water partition coefficient (Wildman–Crippen LogP) is 3.65. The molecule has 6 heteroatoms. The van der Waals surface area contributed by atoms with Gasteiger partial charge in [0, 0.05) is 51.0 Å². The summed E-state index contributed by atoms with van der Waals surface area (Å²) in [4.78, 5) is 6.11. The van der Waals surface area contributed by atoms with Crippen molar-refractivity contribution in [3.63, 3.8) is 0 Å². The van der Waals surface area contributed by atoms with E-state index in [0.717, 1.165) is 44.8 Å². The lowest BCUT2D eigenvalue weighted by molar-refractivity contribution is 0.261. The van der Waals surface area contributed by atoms with Gasteiger partial charge in [0.15, 0.2) is 0 Å². The van der Waals surface area contributed by atoms with E-state index in [1.54, 1.807) is 11.3 Å². The Labute approximate surface area is 157 Å². The topological polar surface area (TPSA) is 24.3 Å². The third kappa shape index (κ3) is 3.66. The van der Waals surface area contributed by atoms with Crippen LogP contribution in [0.25, 0.3) is 10.6 Å². The maximum absolute atomic E-state index is 13.1. The van der Waals surface area contributed by atoms with Gasteiger partial charge in [-0.3, -0.25) is 9.58 Å². The van der Waals surface area contributed by atoms with E-state index in [4.69, 9.17) is 0 Å². The molecule has 1 aromatic carbocycles. The van der Waals surface area contributed by atoms with E-state index in [1.165, 1.54) is 28.3 Å². The van der Waals surface area contributed by atoms with Crippen LogP contribution in [-0.2, 0) is 13.5 Å². The SMILES string of the molecule is Cn1ncc(CCN2CCN(c3ccc(F)cc3)CC2)c1-c1cccs1. The summed E-state index contributed by atoms with van der Waals surface area (Å²) in [6, 6.07) is 11.1. The summed E-state index contributed by atoms with van der Waals surface area (Å²) in [5, 5.41) is 6.57. The molecule has 0 unspecified atom stereocenters. The Morgan fingerprint density at radius 1 is 1.08 bits per heavy atom. The Balaban J connectivity index is 1.34. The smallest absolute Gasteiger partial charge is 0.123 e. The summed E-state index contributed by atoms with van der Waals surface area (Å²) in [5.41, 5.74) is 3.67.